The van der Waals surface area contributed by atoms with Gasteiger partial charge in [0.05, 0.1) is 11.6 Å². The van der Waals surface area contributed by atoms with Crippen molar-refractivity contribution in [3.05, 3.63) is 36.5 Å². The van der Waals surface area contributed by atoms with Crippen molar-refractivity contribution in [2.24, 2.45) is 52.3 Å². The van der Waals surface area contributed by atoms with Gasteiger partial charge in [-0.3, -0.25) is 9.17 Å². The summed E-state index contributed by atoms with van der Waals surface area (Å²) in [7, 11) is -3.88. The summed E-state index contributed by atoms with van der Waals surface area (Å²) in [5.74, 6) is 5.63. The fourth-order valence-electron chi connectivity index (χ4n) is 10.8. The summed E-state index contributed by atoms with van der Waals surface area (Å²) in [4.78, 5) is 4.57. The highest BCUT2D eigenvalue weighted by Crippen LogP contribution is 2.68. The molecule has 0 spiro atoms. The van der Waals surface area contributed by atoms with E-state index in [1.807, 2.05) is 18.2 Å². The molecular weight excluding hydrogens is 526 g/mol. The highest BCUT2D eigenvalue weighted by molar-refractivity contribution is 7.87. The maximum absolute atomic E-state index is 13.5. The fourth-order valence-corrected chi connectivity index (χ4v) is 12.1. The van der Waals surface area contributed by atoms with Gasteiger partial charge in [-0.25, -0.2) is 0 Å². The second-order valence-corrected chi connectivity index (χ2v) is 17.0. The van der Waals surface area contributed by atoms with Crippen molar-refractivity contribution in [2.45, 2.75) is 123 Å². The number of para-hydroxylation sites is 1. The molecule has 1 heterocycles. The highest BCUT2D eigenvalue weighted by Gasteiger charge is 2.60. The second-order valence-electron chi connectivity index (χ2n) is 15.5. The largest absolute Gasteiger partial charge is 0.299 e. The molecule has 0 aliphatic heterocycles. The first-order valence-electron chi connectivity index (χ1n) is 16.8. The van der Waals surface area contributed by atoms with Crippen LogP contribution in [0.3, 0.4) is 0 Å². The van der Waals surface area contributed by atoms with Gasteiger partial charge in [0.15, 0.2) is 0 Å². The molecule has 4 aliphatic carbocycles. The van der Waals surface area contributed by atoms with E-state index in [0.29, 0.717) is 22.3 Å². The molecule has 1 aromatic heterocycles. The molecule has 5 heteroatoms. The molecule has 0 amide bonds. The van der Waals surface area contributed by atoms with Crippen molar-refractivity contribution >= 4 is 21.0 Å². The zero-order valence-corrected chi connectivity index (χ0v) is 27.0. The number of nitrogens with zero attached hydrogens (tertiary/aromatic N) is 1. The summed E-state index contributed by atoms with van der Waals surface area (Å²) in [6, 6.07) is 9.08. The van der Waals surface area contributed by atoms with Crippen molar-refractivity contribution in [2.75, 3.05) is 0 Å². The number of aromatic nitrogens is 1. The van der Waals surface area contributed by atoms with Gasteiger partial charge in [-0.2, -0.15) is 8.42 Å². The molecule has 4 saturated carbocycles. The third kappa shape index (κ3) is 5.30. The molecule has 226 valence electrons. The Hall–Kier alpha value is -1.46. The van der Waals surface area contributed by atoms with Crippen LogP contribution in [0.4, 0.5) is 0 Å². The van der Waals surface area contributed by atoms with Gasteiger partial charge in [-0.15, -0.1) is 0 Å². The van der Waals surface area contributed by atoms with Gasteiger partial charge >= 0.3 is 0 Å². The minimum Gasteiger partial charge on any atom is -0.263 e. The van der Waals surface area contributed by atoms with E-state index in [1.165, 1.54) is 57.8 Å². The van der Waals surface area contributed by atoms with Gasteiger partial charge in [0, 0.05) is 11.6 Å². The smallest absolute Gasteiger partial charge is 0.263 e. The average molecular weight is 580 g/mol. The van der Waals surface area contributed by atoms with Crippen molar-refractivity contribution in [3.63, 3.8) is 0 Å². The molecule has 0 radical (unpaired) electrons. The van der Waals surface area contributed by atoms with Gasteiger partial charge in [0.2, 0.25) is 0 Å². The van der Waals surface area contributed by atoms with Crippen molar-refractivity contribution in [1.82, 2.24) is 4.98 Å². The number of pyridine rings is 1. The SMILES string of the molecule is CC(C)CCC[C@@H](C)[C@H]1CC[C@H]2[C@@H]3CCC4C[C@@H](OS(=O)(=O)c5cccc6cccnc56)CC[C@]4(C)[C@H]3CC[C@]12C. The summed E-state index contributed by atoms with van der Waals surface area (Å²) in [5.41, 5.74) is 1.34. The van der Waals surface area contributed by atoms with Gasteiger partial charge in [-0.05, 0) is 122 Å². The summed E-state index contributed by atoms with van der Waals surface area (Å²) in [5, 5.41) is 0.829. The Bertz CT molecular complexity index is 1330. The molecule has 0 bridgehead atoms. The van der Waals surface area contributed by atoms with Crippen LogP contribution in [-0.2, 0) is 14.3 Å². The highest BCUT2D eigenvalue weighted by atomic mass is 32.2. The monoisotopic (exact) mass is 579 g/mol. The lowest BCUT2D eigenvalue weighted by molar-refractivity contribution is -0.126. The Morgan fingerprint density at radius 1 is 0.902 bits per heavy atom. The molecule has 0 N–H and O–H groups in total. The van der Waals surface area contributed by atoms with Crippen LogP contribution in [0.5, 0.6) is 0 Å². The van der Waals surface area contributed by atoms with Crippen LogP contribution in [0.1, 0.15) is 112 Å². The molecule has 6 rings (SSSR count). The molecule has 4 nitrogen and oxygen atoms in total. The Balaban J connectivity index is 1.13. The summed E-state index contributed by atoms with van der Waals surface area (Å²) >= 11 is 0. The lowest BCUT2D eigenvalue weighted by atomic mass is 9.44. The summed E-state index contributed by atoms with van der Waals surface area (Å²) in [6.45, 7) is 12.5. The van der Waals surface area contributed by atoms with Crippen LogP contribution in [0.25, 0.3) is 10.9 Å². The van der Waals surface area contributed by atoms with Gasteiger partial charge in [0.25, 0.3) is 10.1 Å². The normalized spacial score (nSPS) is 37.9. The molecule has 0 saturated heterocycles. The third-order valence-corrected chi connectivity index (χ3v) is 14.3. The molecule has 2 aromatic rings. The van der Waals surface area contributed by atoms with Crippen molar-refractivity contribution in [1.29, 1.82) is 0 Å². The first-order chi connectivity index (χ1) is 19.5. The Morgan fingerprint density at radius 2 is 1.66 bits per heavy atom. The Morgan fingerprint density at radius 3 is 2.46 bits per heavy atom. The third-order valence-electron chi connectivity index (χ3n) is 12.9. The second kappa shape index (κ2) is 11.2. The van der Waals surface area contributed by atoms with Gasteiger partial charge < -0.3 is 0 Å². The quantitative estimate of drug-likeness (QED) is 0.292. The topological polar surface area (TPSA) is 56.3 Å². The zero-order valence-electron chi connectivity index (χ0n) is 26.1. The van der Waals surface area contributed by atoms with Crippen LogP contribution in [0.2, 0.25) is 0 Å². The number of hydrogen-bond acceptors (Lipinski definition) is 4. The van der Waals surface area contributed by atoms with E-state index in [-0.39, 0.29) is 11.0 Å². The summed E-state index contributed by atoms with van der Waals surface area (Å²) in [6.07, 6.45) is 16.6. The van der Waals surface area contributed by atoms with Crippen LogP contribution in [0.15, 0.2) is 41.4 Å². The van der Waals surface area contributed by atoms with E-state index >= 15 is 0 Å². The molecule has 4 aliphatic rings. The summed E-state index contributed by atoms with van der Waals surface area (Å²) < 4.78 is 32.9. The van der Waals surface area contributed by atoms with Gasteiger partial charge in [0.1, 0.15) is 4.90 Å². The van der Waals surface area contributed by atoms with E-state index < -0.39 is 10.1 Å². The standard InChI is InChI=1S/C36H53NO3S/c1-24(2)9-6-10-25(3)30-16-17-31-29-15-14-27-23-28(18-20-35(27,4)32(29)19-21-36(30,31)5)40-41(38,39)33-13-7-11-26-12-8-22-37-34(26)33/h7-8,11-13,22,24-25,27-32H,6,9-10,14-21,23H2,1-5H3/t25-,27?,28+,29+,30-,31+,32+,35+,36-/m1/s1. The van der Waals surface area contributed by atoms with Gasteiger partial charge in [-0.1, -0.05) is 72.1 Å². The first-order valence-corrected chi connectivity index (χ1v) is 18.2. The van der Waals surface area contributed by atoms with Crippen LogP contribution < -0.4 is 0 Å². The minimum atomic E-state index is -3.88. The van der Waals surface area contributed by atoms with Crippen LogP contribution >= 0.6 is 0 Å². The molecule has 1 unspecified atom stereocenters. The number of rotatable bonds is 8. The van der Waals surface area contributed by atoms with E-state index in [2.05, 4.69) is 39.6 Å². The molecule has 1 aromatic carbocycles. The van der Waals surface area contributed by atoms with Crippen LogP contribution in [-0.4, -0.2) is 19.5 Å². The predicted octanol–water partition coefficient (Wildman–Crippen LogP) is 9.43. The van der Waals surface area contributed by atoms with Crippen molar-refractivity contribution in [3.8, 4) is 0 Å². The van der Waals surface area contributed by atoms with E-state index in [9.17, 15) is 8.42 Å². The molecule has 41 heavy (non-hydrogen) atoms. The van der Waals surface area contributed by atoms with E-state index in [1.54, 1.807) is 18.3 Å². The maximum atomic E-state index is 13.5. The molecular formula is C36H53NO3S. The zero-order chi connectivity index (χ0) is 29.0. The van der Waals surface area contributed by atoms with Crippen molar-refractivity contribution < 1.29 is 12.6 Å². The van der Waals surface area contributed by atoms with E-state index in [4.69, 9.17) is 4.18 Å². The maximum Gasteiger partial charge on any atom is 0.299 e. The molecule has 9 atom stereocenters. The number of fused-ring (bicyclic) bond motifs is 6. The number of hydrogen-bond donors (Lipinski definition) is 0. The first kappa shape index (κ1) is 29.6. The fraction of sp³-hybridized carbons (Fsp3) is 0.750. The number of benzene rings is 1. The van der Waals surface area contributed by atoms with Crippen LogP contribution in [0, 0.1) is 52.3 Å². The minimum absolute atomic E-state index is 0.202. The molecule has 4 fully saturated rings. The Kier molecular flexibility index (Phi) is 8.11. The lowest BCUT2D eigenvalue weighted by Crippen LogP contribution is -2.54. The average Bonchev–Trinajstić information content (AvgIpc) is 3.30. The predicted molar refractivity (Wildman–Crippen MR) is 167 cm³/mol. The van der Waals surface area contributed by atoms with E-state index in [0.717, 1.165) is 60.2 Å². The lowest BCUT2D eigenvalue weighted by Gasteiger charge is -2.61. The Labute approximate surface area is 249 Å².